The molecule has 1 unspecified atom stereocenters. The van der Waals surface area contributed by atoms with Gasteiger partial charge in [0.2, 0.25) is 10.0 Å². The Morgan fingerprint density at radius 2 is 1.89 bits per heavy atom. The molecule has 1 atom stereocenters. The summed E-state index contributed by atoms with van der Waals surface area (Å²) in [6, 6.07) is 5.22. The normalized spacial score (nSPS) is 21.7. The molecule has 1 heterocycles. The zero-order valence-electron chi connectivity index (χ0n) is 10.5. The number of nitrogens with zero attached hydrogens (tertiary/aromatic N) is 2. The van der Waals surface area contributed by atoms with E-state index < -0.39 is 15.8 Å². The fourth-order valence-electron chi connectivity index (χ4n) is 2.11. The van der Waals surface area contributed by atoms with Crippen LogP contribution < -0.4 is 0 Å². The van der Waals surface area contributed by atoms with Gasteiger partial charge >= 0.3 is 0 Å². The van der Waals surface area contributed by atoms with Crippen molar-refractivity contribution in [3.05, 3.63) is 30.1 Å². The molecule has 18 heavy (non-hydrogen) atoms. The van der Waals surface area contributed by atoms with E-state index in [1.807, 2.05) is 19.0 Å². The average Bonchev–Trinajstić information content (AvgIpc) is 2.79. The molecule has 0 N–H and O–H groups in total. The lowest BCUT2D eigenvalue weighted by Gasteiger charge is -2.20. The summed E-state index contributed by atoms with van der Waals surface area (Å²) < 4.78 is 38.9. The van der Waals surface area contributed by atoms with Gasteiger partial charge in [0.15, 0.2) is 0 Å². The Hall–Kier alpha value is -0.980. The van der Waals surface area contributed by atoms with Gasteiger partial charge in [0, 0.05) is 19.1 Å². The summed E-state index contributed by atoms with van der Waals surface area (Å²) in [5, 5.41) is 0. The molecule has 100 valence electrons. The molecule has 1 aromatic carbocycles. The highest BCUT2D eigenvalue weighted by Crippen LogP contribution is 2.22. The molecule has 0 radical (unpaired) electrons. The van der Waals surface area contributed by atoms with Crippen molar-refractivity contribution in [1.29, 1.82) is 0 Å². The first kappa shape index (κ1) is 13.5. The van der Waals surface area contributed by atoms with Gasteiger partial charge in [-0.15, -0.1) is 0 Å². The van der Waals surface area contributed by atoms with Crippen molar-refractivity contribution >= 4 is 10.0 Å². The molecule has 1 saturated heterocycles. The van der Waals surface area contributed by atoms with Gasteiger partial charge in [0.25, 0.3) is 0 Å². The van der Waals surface area contributed by atoms with E-state index in [1.165, 1.54) is 28.6 Å². The van der Waals surface area contributed by atoms with E-state index in [-0.39, 0.29) is 10.9 Å². The topological polar surface area (TPSA) is 40.6 Å². The van der Waals surface area contributed by atoms with Crippen LogP contribution in [0.2, 0.25) is 0 Å². The summed E-state index contributed by atoms with van der Waals surface area (Å²) in [7, 11) is 0.404. The maximum Gasteiger partial charge on any atom is 0.243 e. The fourth-order valence-corrected chi connectivity index (χ4v) is 3.60. The standard InChI is InChI=1S/C12H17FN2O2S/c1-14(2)11-7-8-15(9-11)18(16,17)12-5-3-10(13)4-6-12/h3-6,11H,7-9H2,1-2H3. The van der Waals surface area contributed by atoms with Crippen molar-refractivity contribution in [3.63, 3.8) is 0 Å². The second-order valence-electron chi connectivity index (χ2n) is 4.72. The van der Waals surface area contributed by atoms with E-state index in [2.05, 4.69) is 0 Å². The summed E-state index contributed by atoms with van der Waals surface area (Å²) in [6.07, 6.45) is 0.827. The van der Waals surface area contributed by atoms with Crippen molar-refractivity contribution in [2.45, 2.75) is 17.4 Å². The minimum Gasteiger partial charge on any atom is -0.305 e. The molecule has 1 aliphatic rings. The van der Waals surface area contributed by atoms with Gasteiger partial charge in [-0.05, 0) is 44.8 Å². The maximum atomic E-state index is 12.8. The van der Waals surface area contributed by atoms with Crippen LogP contribution in [0.1, 0.15) is 6.42 Å². The number of hydrogen-bond acceptors (Lipinski definition) is 3. The van der Waals surface area contributed by atoms with Crippen LogP contribution in [0.3, 0.4) is 0 Å². The highest BCUT2D eigenvalue weighted by atomic mass is 32.2. The molecule has 0 saturated carbocycles. The zero-order valence-corrected chi connectivity index (χ0v) is 11.3. The van der Waals surface area contributed by atoms with E-state index in [0.717, 1.165) is 6.42 Å². The molecule has 6 heteroatoms. The first-order valence-electron chi connectivity index (χ1n) is 5.83. The summed E-state index contributed by atoms with van der Waals surface area (Å²) in [5.74, 6) is -0.429. The molecule has 0 aromatic heterocycles. The second-order valence-corrected chi connectivity index (χ2v) is 6.66. The Balaban J connectivity index is 2.20. The van der Waals surface area contributed by atoms with Crippen molar-refractivity contribution in [1.82, 2.24) is 9.21 Å². The molecular formula is C12H17FN2O2S. The van der Waals surface area contributed by atoms with Crippen LogP contribution in [0.15, 0.2) is 29.2 Å². The predicted octanol–water partition coefficient (Wildman–Crippen LogP) is 1.15. The van der Waals surface area contributed by atoms with Crippen molar-refractivity contribution in [2.24, 2.45) is 0 Å². The third-order valence-electron chi connectivity index (χ3n) is 3.31. The monoisotopic (exact) mass is 272 g/mol. The second kappa shape index (κ2) is 4.95. The molecule has 2 rings (SSSR count). The smallest absolute Gasteiger partial charge is 0.243 e. The Morgan fingerprint density at radius 3 is 2.39 bits per heavy atom. The molecule has 0 bridgehead atoms. The summed E-state index contributed by atoms with van der Waals surface area (Å²) in [5.41, 5.74) is 0. The minimum atomic E-state index is -3.48. The van der Waals surface area contributed by atoms with Crippen LogP contribution in [0, 0.1) is 5.82 Å². The van der Waals surface area contributed by atoms with Gasteiger partial charge in [-0.25, -0.2) is 12.8 Å². The number of likely N-dealkylation sites (N-methyl/N-ethyl adjacent to an activating group) is 1. The van der Waals surface area contributed by atoms with Gasteiger partial charge in [-0.3, -0.25) is 0 Å². The SMILES string of the molecule is CN(C)C1CCN(S(=O)(=O)c2ccc(F)cc2)C1. The Bertz CT molecular complexity index is 513. The van der Waals surface area contributed by atoms with Crippen molar-refractivity contribution in [2.75, 3.05) is 27.2 Å². The van der Waals surface area contributed by atoms with Crippen LogP contribution in [0.25, 0.3) is 0 Å². The highest BCUT2D eigenvalue weighted by Gasteiger charge is 2.33. The lowest BCUT2D eigenvalue weighted by atomic mass is 10.2. The van der Waals surface area contributed by atoms with Gasteiger partial charge in [-0.1, -0.05) is 0 Å². The highest BCUT2D eigenvalue weighted by molar-refractivity contribution is 7.89. The van der Waals surface area contributed by atoms with Crippen molar-refractivity contribution in [3.8, 4) is 0 Å². The van der Waals surface area contributed by atoms with Gasteiger partial charge in [-0.2, -0.15) is 4.31 Å². The molecule has 1 aliphatic heterocycles. The van der Waals surface area contributed by atoms with E-state index >= 15 is 0 Å². The largest absolute Gasteiger partial charge is 0.305 e. The number of rotatable bonds is 3. The summed E-state index contributed by atoms with van der Waals surface area (Å²) in [4.78, 5) is 2.18. The quantitative estimate of drug-likeness (QED) is 0.829. The Labute approximate surface area is 107 Å². The predicted molar refractivity (Wildman–Crippen MR) is 67.3 cm³/mol. The average molecular weight is 272 g/mol. The van der Waals surface area contributed by atoms with Crippen LogP contribution in [-0.4, -0.2) is 50.8 Å². The molecule has 0 amide bonds. The van der Waals surface area contributed by atoms with E-state index in [4.69, 9.17) is 0 Å². The van der Waals surface area contributed by atoms with Gasteiger partial charge in [0.05, 0.1) is 4.90 Å². The van der Waals surface area contributed by atoms with Crippen LogP contribution in [-0.2, 0) is 10.0 Å². The van der Waals surface area contributed by atoms with E-state index in [9.17, 15) is 12.8 Å². The number of sulfonamides is 1. The zero-order chi connectivity index (χ0) is 13.3. The van der Waals surface area contributed by atoms with E-state index in [1.54, 1.807) is 0 Å². The molecule has 0 aliphatic carbocycles. The molecule has 1 fully saturated rings. The number of benzene rings is 1. The third-order valence-corrected chi connectivity index (χ3v) is 5.19. The lowest BCUT2D eigenvalue weighted by Crippen LogP contribution is -2.34. The summed E-state index contributed by atoms with van der Waals surface area (Å²) >= 11 is 0. The molecule has 4 nitrogen and oxygen atoms in total. The fraction of sp³-hybridized carbons (Fsp3) is 0.500. The molecular weight excluding hydrogens is 255 g/mol. The minimum absolute atomic E-state index is 0.156. The van der Waals surface area contributed by atoms with Crippen LogP contribution in [0.5, 0.6) is 0 Å². The Morgan fingerprint density at radius 1 is 1.28 bits per heavy atom. The van der Waals surface area contributed by atoms with Gasteiger partial charge in [0.1, 0.15) is 5.82 Å². The van der Waals surface area contributed by atoms with Crippen LogP contribution in [0.4, 0.5) is 4.39 Å². The number of halogens is 1. The first-order valence-corrected chi connectivity index (χ1v) is 7.27. The maximum absolute atomic E-state index is 12.8. The number of hydrogen-bond donors (Lipinski definition) is 0. The van der Waals surface area contributed by atoms with Gasteiger partial charge < -0.3 is 4.90 Å². The van der Waals surface area contributed by atoms with Crippen LogP contribution >= 0.6 is 0 Å². The first-order chi connectivity index (χ1) is 8.41. The van der Waals surface area contributed by atoms with E-state index in [0.29, 0.717) is 13.1 Å². The Kier molecular flexibility index (Phi) is 3.70. The lowest BCUT2D eigenvalue weighted by molar-refractivity contribution is 0.302. The third kappa shape index (κ3) is 2.55. The van der Waals surface area contributed by atoms with Crippen molar-refractivity contribution < 1.29 is 12.8 Å². The molecule has 1 aromatic rings. The summed E-state index contributed by atoms with van der Waals surface area (Å²) in [6.45, 7) is 1.01. The molecule has 0 spiro atoms.